The highest BCUT2D eigenvalue weighted by Crippen LogP contribution is 1.88. The molecule has 3 heteroatoms. The van der Waals surface area contributed by atoms with Gasteiger partial charge in [0.1, 0.15) is 0 Å². The Morgan fingerprint density at radius 2 is 1.92 bits per heavy atom. The van der Waals surface area contributed by atoms with E-state index in [9.17, 15) is 4.79 Å². The summed E-state index contributed by atoms with van der Waals surface area (Å²) in [4.78, 5) is 13.1. The molecule has 0 radical (unpaired) electrons. The molecular weight excluding hydrogens is 166 g/mol. The van der Waals surface area contributed by atoms with E-state index in [-0.39, 0.29) is 5.97 Å². The first-order chi connectivity index (χ1) is 6.24. The molecule has 0 rings (SSSR count). The molecule has 0 amide bonds. The van der Waals surface area contributed by atoms with Crippen molar-refractivity contribution >= 4 is 5.97 Å². The van der Waals surface area contributed by atoms with Crippen LogP contribution in [0.5, 0.6) is 0 Å². The van der Waals surface area contributed by atoms with Gasteiger partial charge in [0, 0.05) is 12.6 Å². The highest BCUT2D eigenvalue weighted by Gasteiger charge is 1.96. The van der Waals surface area contributed by atoms with E-state index >= 15 is 0 Å². The third-order valence-corrected chi connectivity index (χ3v) is 1.80. The Morgan fingerprint density at radius 1 is 1.31 bits per heavy atom. The van der Waals surface area contributed by atoms with E-state index in [1.54, 1.807) is 6.92 Å². The number of carbonyl (C=O) groups is 1. The molecule has 0 aromatic heterocycles. The molecule has 0 unspecified atom stereocenters. The summed E-state index contributed by atoms with van der Waals surface area (Å²) in [7, 11) is 0. The van der Waals surface area contributed by atoms with E-state index in [0.717, 1.165) is 19.6 Å². The van der Waals surface area contributed by atoms with Crippen LogP contribution in [0.4, 0.5) is 0 Å². The minimum absolute atomic E-state index is 0.255. The second-order valence-corrected chi connectivity index (χ2v) is 2.64. The van der Waals surface area contributed by atoms with Crippen molar-refractivity contribution in [2.75, 3.05) is 26.2 Å². The van der Waals surface area contributed by atoms with Gasteiger partial charge >= 0.3 is 5.97 Å². The van der Waals surface area contributed by atoms with Crippen molar-refractivity contribution < 1.29 is 9.53 Å². The van der Waals surface area contributed by atoms with E-state index in [0.29, 0.717) is 6.61 Å². The van der Waals surface area contributed by atoms with E-state index < -0.39 is 0 Å². The van der Waals surface area contributed by atoms with Crippen molar-refractivity contribution in [3.05, 3.63) is 12.2 Å². The van der Waals surface area contributed by atoms with Crippen LogP contribution in [0.3, 0.4) is 0 Å². The number of likely N-dealkylation sites (N-methyl/N-ethyl adjacent to an activating group) is 1. The first-order valence-electron chi connectivity index (χ1n) is 4.80. The number of carbonyl (C=O) groups excluding carboxylic acids is 1. The van der Waals surface area contributed by atoms with E-state index in [4.69, 9.17) is 4.74 Å². The van der Waals surface area contributed by atoms with E-state index in [1.165, 1.54) is 6.08 Å². The SMILES string of the molecule is CCOC(=O)/C=C/CN(CC)CC. The molecule has 0 aliphatic heterocycles. The van der Waals surface area contributed by atoms with Crippen LogP contribution in [-0.4, -0.2) is 37.1 Å². The molecule has 0 heterocycles. The highest BCUT2D eigenvalue weighted by molar-refractivity contribution is 5.81. The number of rotatable bonds is 6. The van der Waals surface area contributed by atoms with Gasteiger partial charge in [-0.15, -0.1) is 0 Å². The Balaban J connectivity index is 3.66. The van der Waals surface area contributed by atoms with E-state index in [1.807, 2.05) is 6.08 Å². The molecule has 0 bridgehead atoms. The number of nitrogens with zero attached hydrogens (tertiary/aromatic N) is 1. The van der Waals surface area contributed by atoms with Gasteiger partial charge < -0.3 is 9.64 Å². The molecule has 0 aliphatic carbocycles. The topological polar surface area (TPSA) is 29.5 Å². The highest BCUT2D eigenvalue weighted by atomic mass is 16.5. The van der Waals surface area contributed by atoms with Crippen LogP contribution < -0.4 is 0 Å². The third kappa shape index (κ3) is 6.34. The first kappa shape index (κ1) is 12.2. The average Bonchev–Trinajstić information content (AvgIpc) is 2.13. The Hall–Kier alpha value is -0.830. The number of hydrogen-bond acceptors (Lipinski definition) is 3. The molecular formula is C10H19NO2. The Morgan fingerprint density at radius 3 is 2.38 bits per heavy atom. The Bertz CT molecular complexity index is 162. The third-order valence-electron chi connectivity index (χ3n) is 1.80. The largest absolute Gasteiger partial charge is 0.463 e. The lowest BCUT2D eigenvalue weighted by Crippen LogP contribution is -2.22. The van der Waals surface area contributed by atoms with Crippen molar-refractivity contribution in [2.24, 2.45) is 0 Å². The van der Waals surface area contributed by atoms with Crippen LogP contribution in [0.25, 0.3) is 0 Å². The maximum atomic E-state index is 10.9. The van der Waals surface area contributed by atoms with Crippen molar-refractivity contribution in [1.29, 1.82) is 0 Å². The lowest BCUT2D eigenvalue weighted by atomic mass is 10.4. The number of ether oxygens (including phenoxy) is 1. The van der Waals surface area contributed by atoms with Crippen LogP contribution in [0.1, 0.15) is 20.8 Å². The fourth-order valence-corrected chi connectivity index (χ4v) is 0.970. The average molecular weight is 185 g/mol. The van der Waals surface area contributed by atoms with Crippen LogP contribution in [0.15, 0.2) is 12.2 Å². The molecule has 0 saturated heterocycles. The number of esters is 1. The van der Waals surface area contributed by atoms with Gasteiger partial charge in [-0.2, -0.15) is 0 Å². The van der Waals surface area contributed by atoms with Gasteiger partial charge in [-0.05, 0) is 20.0 Å². The van der Waals surface area contributed by atoms with Crippen LogP contribution in [-0.2, 0) is 9.53 Å². The zero-order chi connectivity index (χ0) is 10.1. The van der Waals surface area contributed by atoms with Gasteiger partial charge in [0.15, 0.2) is 0 Å². The molecule has 0 spiro atoms. The van der Waals surface area contributed by atoms with Crippen LogP contribution >= 0.6 is 0 Å². The minimum atomic E-state index is -0.255. The zero-order valence-electron chi connectivity index (χ0n) is 8.75. The maximum Gasteiger partial charge on any atom is 0.330 e. The Labute approximate surface area is 80.4 Å². The maximum absolute atomic E-state index is 10.9. The van der Waals surface area contributed by atoms with Gasteiger partial charge in [-0.25, -0.2) is 4.79 Å². The Kier molecular flexibility index (Phi) is 7.30. The summed E-state index contributed by atoms with van der Waals surface area (Å²) in [5.74, 6) is -0.255. The summed E-state index contributed by atoms with van der Waals surface area (Å²) in [5, 5.41) is 0. The zero-order valence-corrected chi connectivity index (χ0v) is 8.75. The normalized spacial score (nSPS) is 11.1. The first-order valence-corrected chi connectivity index (χ1v) is 4.80. The number of hydrogen-bond donors (Lipinski definition) is 0. The predicted octanol–water partition coefficient (Wildman–Crippen LogP) is 1.45. The lowest BCUT2D eigenvalue weighted by molar-refractivity contribution is -0.137. The summed E-state index contributed by atoms with van der Waals surface area (Å²) in [6.45, 7) is 9.26. The fourth-order valence-electron chi connectivity index (χ4n) is 0.970. The van der Waals surface area contributed by atoms with Crippen molar-refractivity contribution in [3.63, 3.8) is 0 Å². The summed E-state index contributed by atoms with van der Waals surface area (Å²) < 4.78 is 4.75. The van der Waals surface area contributed by atoms with Crippen LogP contribution in [0, 0.1) is 0 Å². The minimum Gasteiger partial charge on any atom is -0.463 e. The van der Waals surface area contributed by atoms with Gasteiger partial charge in [-0.3, -0.25) is 0 Å². The second kappa shape index (κ2) is 7.80. The quantitative estimate of drug-likeness (QED) is 0.463. The summed E-state index contributed by atoms with van der Waals surface area (Å²) in [6.07, 6.45) is 3.33. The van der Waals surface area contributed by atoms with Gasteiger partial charge in [0.25, 0.3) is 0 Å². The molecule has 0 aliphatic rings. The molecule has 0 N–H and O–H groups in total. The molecule has 0 aromatic rings. The van der Waals surface area contributed by atoms with Crippen molar-refractivity contribution in [2.45, 2.75) is 20.8 Å². The van der Waals surface area contributed by atoms with Gasteiger partial charge in [0.2, 0.25) is 0 Å². The molecule has 3 nitrogen and oxygen atoms in total. The summed E-state index contributed by atoms with van der Waals surface area (Å²) in [5.41, 5.74) is 0. The molecule has 76 valence electrons. The molecule has 0 atom stereocenters. The summed E-state index contributed by atoms with van der Waals surface area (Å²) >= 11 is 0. The molecule has 13 heavy (non-hydrogen) atoms. The molecule has 0 fully saturated rings. The predicted molar refractivity (Wildman–Crippen MR) is 53.6 cm³/mol. The second-order valence-electron chi connectivity index (χ2n) is 2.64. The smallest absolute Gasteiger partial charge is 0.330 e. The molecule has 0 saturated carbocycles. The monoisotopic (exact) mass is 185 g/mol. The molecule has 0 aromatic carbocycles. The summed E-state index contributed by atoms with van der Waals surface area (Å²) in [6, 6.07) is 0. The van der Waals surface area contributed by atoms with Gasteiger partial charge in [0.05, 0.1) is 6.61 Å². The fraction of sp³-hybridized carbons (Fsp3) is 0.700. The van der Waals surface area contributed by atoms with E-state index in [2.05, 4.69) is 18.7 Å². The van der Waals surface area contributed by atoms with Crippen molar-refractivity contribution in [3.8, 4) is 0 Å². The van der Waals surface area contributed by atoms with Crippen LogP contribution in [0.2, 0.25) is 0 Å². The van der Waals surface area contributed by atoms with Crippen molar-refractivity contribution in [1.82, 2.24) is 4.90 Å². The lowest BCUT2D eigenvalue weighted by Gasteiger charge is -2.14. The standard InChI is InChI=1S/C10H19NO2/c1-4-11(5-2)9-7-8-10(12)13-6-3/h7-8H,4-6,9H2,1-3H3/b8-7+. The van der Waals surface area contributed by atoms with Gasteiger partial charge in [-0.1, -0.05) is 19.9 Å².